The number of nitrogens with zero attached hydrogens (tertiary/aromatic N) is 1. The molecule has 0 fully saturated rings. The Balaban J connectivity index is 1.86. The first kappa shape index (κ1) is 16.2. The van der Waals surface area contributed by atoms with Crippen molar-refractivity contribution in [2.75, 3.05) is 51.9 Å². The van der Waals surface area contributed by atoms with Crippen LogP contribution >= 0.6 is 12.6 Å². The molecule has 0 radical (unpaired) electrons. The van der Waals surface area contributed by atoms with E-state index in [1.807, 2.05) is 0 Å². The van der Waals surface area contributed by atoms with Gasteiger partial charge in [-0.05, 0) is 0 Å². The molecule has 1 rings (SSSR count). The Morgan fingerprint density at radius 2 is 1.32 bits per heavy atom. The normalized spacial score (nSPS) is 14.7. The van der Waals surface area contributed by atoms with Crippen LogP contribution in [-0.4, -0.2) is 68.7 Å². The first-order valence-electron chi connectivity index (χ1n) is 6.13. The monoisotopic (exact) mass is 289 g/mol. The average Bonchev–Trinajstić information content (AvgIpc) is 2.72. The molecule has 108 valence electrons. The summed E-state index contributed by atoms with van der Waals surface area (Å²) >= 11 is 4.01. The van der Waals surface area contributed by atoms with E-state index < -0.39 is 0 Å². The van der Waals surface area contributed by atoms with Gasteiger partial charge in [0.05, 0.1) is 46.2 Å². The van der Waals surface area contributed by atoms with E-state index in [0.29, 0.717) is 45.4 Å². The fourth-order valence-electron chi connectivity index (χ4n) is 1.41. The van der Waals surface area contributed by atoms with Crippen molar-refractivity contribution in [1.29, 1.82) is 0 Å². The van der Waals surface area contributed by atoms with Crippen molar-refractivity contribution in [3.8, 4) is 0 Å². The number of amides is 2. The second-order valence-electron chi connectivity index (χ2n) is 3.72. The molecule has 0 spiro atoms. The van der Waals surface area contributed by atoms with E-state index in [1.165, 1.54) is 12.2 Å². The van der Waals surface area contributed by atoms with Crippen LogP contribution in [0.4, 0.5) is 0 Å². The summed E-state index contributed by atoms with van der Waals surface area (Å²) in [7, 11) is 0. The van der Waals surface area contributed by atoms with Gasteiger partial charge in [-0.3, -0.25) is 14.5 Å². The maximum Gasteiger partial charge on any atom is 0.253 e. The summed E-state index contributed by atoms with van der Waals surface area (Å²) in [6.45, 7) is 3.16. The second-order valence-corrected chi connectivity index (χ2v) is 4.17. The highest BCUT2D eigenvalue weighted by Crippen LogP contribution is 2.02. The quantitative estimate of drug-likeness (QED) is 0.327. The summed E-state index contributed by atoms with van der Waals surface area (Å²) in [5.74, 6) is 0.128. The van der Waals surface area contributed by atoms with E-state index in [2.05, 4.69) is 12.6 Å². The Labute approximate surface area is 118 Å². The molecule has 0 saturated carbocycles. The molecule has 0 aromatic rings. The van der Waals surface area contributed by atoms with E-state index in [1.54, 1.807) is 0 Å². The van der Waals surface area contributed by atoms with Crippen molar-refractivity contribution < 1.29 is 23.8 Å². The highest BCUT2D eigenvalue weighted by Gasteiger charge is 2.22. The zero-order valence-electron chi connectivity index (χ0n) is 10.7. The Morgan fingerprint density at radius 3 is 1.84 bits per heavy atom. The molecule has 0 aliphatic carbocycles. The van der Waals surface area contributed by atoms with Gasteiger partial charge < -0.3 is 14.2 Å². The molecule has 2 amide bonds. The van der Waals surface area contributed by atoms with E-state index in [9.17, 15) is 9.59 Å². The van der Waals surface area contributed by atoms with Gasteiger partial charge >= 0.3 is 0 Å². The van der Waals surface area contributed by atoms with Gasteiger partial charge in [0.1, 0.15) is 0 Å². The molecule has 6 nitrogen and oxygen atoms in total. The topological polar surface area (TPSA) is 65.1 Å². The summed E-state index contributed by atoms with van der Waals surface area (Å²) in [6.07, 6.45) is 2.52. The molecule has 19 heavy (non-hydrogen) atoms. The smallest absolute Gasteiger partial charge is 0.253 e. The summed E-state index contributed by atoms with van der Waals surface area (Å²) in [4.78, 5) is 23.5. The third-order valence-corrected chi connectivity index (χ3v) is 2.52. The first-order valence-corrected chi connectivity index (χ1v) is 6.76. The van der Waals surface area contributed by atoms with Crippen molar-refractivity contribution >= 4 is 24.4 Å². The molecule has 0 saturated heterocycles. The molecule has 0 N–H and O–H groups in total. The molecule has 0 atom stereocenters. The minimum atomic E-state index is -0.286. The van der Waals surface area contributed by atoms with Gasteiger partial charge in [0.2, 0.25) is 0 Å². The van der Waals surface area contributed by atoms with E-state index in [-0.39, 0.29) is 18.4 Å². The molecule has 0 bridgehead atoms. The molecule has 0 unspecified atom stereocenters. The van der Waals surface area contributed by atoms with Gasteiger partial charge in [-0.25, -0.2) is 0 Å². The van der Waals surface area contributed by atoms with Gasteiger partial charge in [0.25, 0.3) is 11.8 Å². The van der Waals surface area contributed by atoms with Crippen LogP contribution < -0.4 is 0 Å². The number of ether oxygens (including phenoxy) is 3. The Morgan fingerprint density at radius 1 is 0.842 bits per heavy atom. The van der Waals surface area contributed by atoms with Crippen molar-refractivity contribution in [3.05, 3.63) is 12.2 Å². The molecule has 7 heteroatoms. The molecular weight excluding hydrogens is 270 g/mol. The largest absolute Gasteiger partial charge is 0.378 e. The van der Waals surface area contributed by atoms with E-state index in [0.717, 1.165) is 4.90 Å². The summed E-state index contributed by atoms with van der Waals surface area (Å²) < 4.78 is 15.7. The van der Waals surface area contributed by atoms with Crippen LogP contribution in [0, 0.1) is 0 Å². The highest BCUT2D eigenvalue weighted by atomic mass is 32.1. The van der Waals surface area contributed by atoms with Gasteiger partial charge in [-0.15, -0.1) is 0 Å². The lowest BCUT2D eigenvalue weighted by atomic mass is 10.5. The number of carbonyl (C=O) groups excluding carboxylic acids is 2. The fraction of sp³-hybridized carbons (Fsp3) is 0.667. The number of thiol groups is 1. The molecular formula is C12H19NO5S. The van der Waals surface area contributed by atoms with Gasteiger partial charge in [0, 0.05) is 17.9 Å². The Bertz CT molecular complexity index is 303. The van der Waals surface area contributed by atoms with Gasteiger partial charge in [-0.1, -0.05) is 0 Å². The van der Waals surface area contributed by atoms with E-state index in [4.69, 9.17) is 14.2 Å². The number of carbonyl (C=O) groups is 2. The molecule has 0 aromatic carbocycles. The maximum atomic E-state index is 11.2. The zero-order valence-corrected chi connectivity index (χ0v) is 11.6. The van der Waals surface area contributed by atoms with Gasteiger partial charge in [0.15, 0.2) is 0 Å². The number of hydrogen-bond donors (Lipinski definition) is 1. The zero-order chi connectivity index (χ0) is 13.9. The van der Waals surface area contributed by atoms with Crippen molar-refractivity contribution in [1.82, 2.24) is 4.90 Å². The highest BCUT2D eigenvalue weighted by molar-refractivity contribution is 7.80. The Hall–Kier alpha value is -0.890. The van der Waals surface area contributed by atoms with Crippen LogP contribution in [0.1, 0.15) is 0 Å². The molecule has 0 aromatic heterocycles. The summed E-state index contributed by atoms with van der Waals surface area (Å²) in [6, 6.07) is 0. The van der Waals surface area contributed by atoms with Crippen LogP contribution in [0.2, 0.25) is 0 Å². The lowest BCUT2D eigenvalue weighted by Gasteiger charge is -2.13. The third kappa shape index (κ3) is 6.72. The minimum Gasteiger partial charge on any atom is -0.378 e. The number of hydrogen-bond acceptors (Lipinski definition) is 6. The fourth-order valence-corrected chi connectivity index (χ4v) is 1.54. The minimum absolute atomic E-state index is 0.274. The number of rotatable bonds is 11. The number of imide groups is 1. The lowest BCUT2D eigenvalue weighted by molar-refractivity contribution is -0.137. The second kappa shape index (κ2) is 9.96. The third-order valence-electron chi connectivity index (χ3n) is 2.34. The standard InChI is InChI=1S/C12H19NO5S/c14-11-1-2-12(15)13(11)3-4-16-5-6-17-7-8-18-9-10-19/h1-2,19H,3-10H2. The Kier molecular flexibility index (Phi) is 8.48. The van der Waals surface area contributed by atoms with Crippen LogP contribution in [0.3, 0.4) is 0 Å². The lowest BCUT2D eigenvalue weighted by Crippen LogP contribution is -2.33. The van der Waals surface area contributed by atoms with Crippen molar-refractivity contribution in [2.24, 2.45) is 0 Å². The first-order chi connectivity index (χ1) is 9.25. The van der Waals surface area contributed by atoms with E-state index >= 15 is 0 Å². The summed E-state index contributed by atoms with van der Waals surface area (Å²) in [5.41, 5.74) is 0. The molecule has 1 aliphatic rings. The SMILES string of the molecule is O=C1C=CC(=O)N1CCOCCOCCOCCS. The van der Waals surface area contributed by atoms with Gasteiger partial charge in [-0.2, -0.15) is 12.6 Å². The van der Waals surface area contributed by atoms with Crippen LogP contribution in [-0.2, 0) is 23.8 Å². The predicted octanol–water partition coefficient (Wildman–Crippen LogP) is -0.109. The average molecular weight is 289 g/mol. The predicted molar refractivity (Wildman–Crippen MR) is 72.2 cm³/mol. The molecule has 1 heterocycles. The van der Waals surface area contributed by atoms with Crippen molar-refractivity contribution in [3.63, 3.8) is 0 Å². The maximum absolute atomic E-state index is 11.2. The van der Waals surface area contributed by atoms with Crippen LogP contribution in [0.5, 0.6) is 0 Å². The van der Waals surface area contributed by atoms with Crippen LogP contribution in [0.15, 0.2) is 12.2 Å². The molecule has 1 aliphatic heterocycles. The van der Waals surface area contributed by atoms with Crippen LogP contribution in [0.25, 0.3) is 0 Å². The van der Waals surface area contributed by atoms with Crippen molar-refractivity contribution in [2.45, 2.75) is 0 Å². The summed E-state index contributed by atoms with van der Waals surface area (Å²) in [5, 5.41) is 0.